The van der Waals surface area contributed by atoms with E-state index in [1.54, 1.807) is 24.3 Å². The van der Waals surface area contributed by atoms with Gasteiger partial charge in [-0.2, -0.15) is 0 Å². The maximum atomic E-state index is 13.4. The number of amides is 1. The summed E-state index contributed by atoms with van der Waals surface area (Å²) in [6.45, 7) is 3.32. The Morgan fingerprint density at radius 2 is 1.53 bits per heavy atom. The lowest BCUT2D eigenvalue weighted by molar-refractivity contribution is -0.114. The Labute approximate surface area is 186 Å². The molecule has 0 radical (unpaired) electrons. The first-order chi connectivity index (χ1) is 14.1. The Balaban J connectivity index is 1.99. The second-order valence-corrected chi connectivity index (χ2v) is 9.61. The number of aryl methyl sites for hydroxylation is 2. The summed E-state index contributed by atoms with van der Waals surface area (Å²) in [5.74, 6) is -0.493. The first-order valence-electron chi connectivity index (χ1n) is 9.07. The van der Waals surface area contributed by atoms with Crippen molar-refractivity contribution >= 4 is 50.5 Å². The number of halogens is 2. The minimum absolute atomic E-state index is 0.0625. The lowest BCUT2D eigenvalue weighted by Gasteiger charge is -2.24. The van der Waals surface area contributed by atoms with Crippen LogP contribution < -0.4 is 9.62 Å². The van der Waals surface area contributed by atoms with Crippen LogP contribution in [0, 0.1) is 13.8 Å². The van der Waals surface area contributed by atoms with Crippen molar-refractivity contribution in [2.24, 2.45) is 0 Å². The molecule has 0 bridgehead atoms. The molecule has 156 valence electrons. The smallest absolute Gasteiger partial charge is 0.264 e. The van der Waals surface area contributed by atoms with E-state index < -0.39 is 22.5 Å². The number of hydrogen-bond acceptors (Lipinski definition) is 3. The van der Waals surface area contributed by atoms with E-state index in [9.17, 15) is 13.2 Å². The Morgan fingerprint density at radius 1 is 0.900 bits per heavy atom. The van der Waals surface area contributed by atoms with Crippen molar-refractivity contribution in [3.05, 3.63) is 87.9 Å². The lowest BCUT2D eigenvalue weighted by Crippen LogP contribution is -2.38. The van der Waals surface area contributed by atoms with Crippen LogP contribution in [0.1, 0.15) is 11.1 Å². The van der Waals surface area contributed by atoms with Gasteiger partial charge in [0.25, 0.3) is 10.0 Å². The first-order valence-corrected chi connectivity index (χ1v) is 11.3. The fourth-order valence-corrected chi connectivity index (χ4v) is 4.81. The highest BCUT2D eigenvalue weighted by Crippen LogP contribution is 2.30. The van der Waals surface area contributed by atoms with Gasteiger partial charge in [-0.25, -0.2) is 8.42 Å². The molecule has 0 saturated heterocycles. The normalized spacial score (nSPS) is 11.2. The summed E-state index contributed by atoms with van der Waals surface area (Å²) in [4.78, 5) is 12.8. The largest absolute Gasteiger partial charge is 0.325 e. The van der Waals surface area contributed by atoms with E-state index >= 15 is 0 Å². The van der Waals surface area contributed by atoms with Crippen molar-refractivity contribution in [3.63, 3.8) is 0 Å². The average Bonchev–Trinajstić information content (AvgIpc) is 2.65. The Kier molecular flexibility index (Phi) is 6.71. The van der Waals surface area contributed by atoms with E-state index in [0.717, 1.165) is 15.4 Å². The molecule has 3 aromatic carbocycles. The van der Waals surface area contributed by atoms with Crippen molar-refractivity contribution in [1.29, 1.82) is 0 Å². The monoisotopic (exact) mass is 462 g/mol. The molecule has 0 atom stereocenters. The molecule has 8 heteroatoms. The number of carbonyl (C=O) groups excluding carboxylic acids is 1. The molecule has 0 aliphatic rings. The van der Waals surface area contributed by atoms with E-state index in [1.165, 1.54) is 30.3 Å². The van der Waals surface area contributed by atoms with E-state index in [2.05, 4.69) is 5.32 Å². The van der Waals surface area contributed by atoms with Gasteiger partial charge in [-0.05, 0) is 61.9 Å². The number of nitrogens with zero attached hydrogens (tertiary/aromatic N) is 1. The minimum atomic E-state index is -4.04. The van der Waals surface area contributed by atoms with Gasteiger partial charge in [0.2, 0.25) is 5.91 Å². The van der Waals surface area contributed by atoms with Gasteiger partial charge in [0.15, 0.2) is 0 Å². The highest BCUT2D eigenvalue weighted by atomic mass is 35.5. The number of carbonyl (C=O) groups is 1. The molecule has 30 heavy (non-hydrogen) atoms. The Bertz CT molecular complexity index is 1160. The fraction of sp³-hybridized carbons (Fsp3) is 0.136. The zero-order chi connectivity index (χ0) is 21.9. The molecule has 0 heterocycles. The van der Waals surface area contributed by atoms with Gasteiger partial charge < -0.3 is 5.32 Å². The topological polar surface area (TPSA) is 66.5 Å². The molecule has 0 aliphatic carbocycles. The van der Waals surface area contributed by atoms with Crippen molar-refractivity contribution in [3.8, 4) is 0 Å². The van der Waals surface area contributed by atoms with Crippen LogP contribution in [0.25, 0.3) is 0 Å². The SMILES string of the molecule is Cc1ccc(S(=O)(=O)N(CC(=O)Nc2cccc(C)c2)c2cc(Cl)cc(Cl)c2)cc1. The molecule has 5 nitrogen and oxygen atoms in total. The van der Waals surface area contributed by atoms with E-state index in [0.29, 0.717) is 5.69 Å². The van der Waals surface area contributed by atoms with Gasteiger partial charge in [0.1, 0.15) is 6.54 Å². The van der Waals surface area contributed by atoms with Crippen LogP contribution in [0.15, 0.2) is 71.6 Å². The van der Waals surface area contributed by atoms with Gasteiger partial charge >= 0.3 is 0 Å². The number of anilines is 2. The summed E-state index contributed by atoms with van der Waals surface area (Å²) >= 11 is 12.2. The van der Waals surface area contributed by atoms with Crippen LogP contribution in [0.5, 0.6) is 0 Å². The third-order valence-corrected chi connectivity index (χ3v) is 6.56. The zero-order valence-corrected chi connectivity index (χ0v) is 18.7. The Morgan fingerprint density at radius 3 is 2.13 bits per heavy atom. The van der Waals surface area contributed by atoms with Crippen LogP contribution in [0.2, 0.25) is 10.0 Å². The number of nitrogens with one attached hydrogen (secondary N) is 1. The van der Waals surface area contributed by atoms with Crippen LogP contribution in [0.4, 0.5) is 11.4 Å². The summed E-state index contributed by atoms with van der Waals surface area (Å²) in [6, 6.07) is 18.1. The third kappa shape index (κ3) is 5.33. The van der Waals surface area contributed by atoms with Crippen LogP contribution in [-0.4, -0.2) is 20.9 Å². The second-order valence-electron chi connectivity index (χ2n) is 6.87. The first kappa shape index (κ1) is 22.2. The van der Waals surface area contributed by atoms with Crippen molar-refractivity contribution in [2.45, 2.75) is 18.7 Å². The number of rotatable bonds is 6. The van der Waals surface area contributed by atoms with E-state index in [4.69, 9.17) is 23.2 Å². The quantitative estimate of drug-likeness (QED) is 0.529. The molecule has 1 N–H and O–H groups in total. The summed E-state index contributed by atoms with van der Waals surface area (Å²) in [5.41, 5.74) is 2.67. The zero-order valence-electron chi connectivity index (χ0n) is 16.4. The highest BCUT2D eigenvalue weighted by Gasteiger charge is 2.28. The number of sulfonamides is 1. The molecular formula is C22H20Cl2N2O3S. The third-order valence-electron chi connectivity index (χ3n) is 4.33. The number of benzene rings is 3. The van der Waals surface area contributed by atoms with Gasteiger partial charge in [0, 0.05) is 15.7 Å². The van der Waals surface area contributed by atoms with Gasteiger partial charge in [-0.15, -0.1) is 0 Å². The molecule has 0 fully saturated rings. The predicted molar refractivity (Wildman–Crippen MR) is 122 cm³/mol. The van der Waals surface area contributed by atoms with E-state index in [-0.39, 0.29) is 20.6 Å². The molecule has 0 unspecified atom stereocenters. The molecule has 0 saturated carbocycles. The molecular weight excluding hydrogens is 443 g/mol. The van der Waals surface area contributed by atoms with Crippen molar-refractivity contribution < 1.29 is 13.2 Å². The van der Waals surface area contributed by atoms with E-state index in [1.807, 2.05) is 26.0 Å². The summed E-state index contributed by atoms with van der Waals surface area (Å²) < 4.78 is 27.7. The molecule has 0 aliphatic heterocycles. The maximum absolute atomic E-state index is 13.4. The van der Waals surface area contributed by atoms with Gasteiger partial charge in [-0.1, -0.05) is 53.0 Å². The Hall–Kier alpha value is -2.54. The minimum Gasteiger partial charge on any atom is -0.325 e. The summed E-state index contributed by atoms with van der Waals surface area (Å²) in [7, 11) is -4.04. The summed E-state index contributed by atoms with van der Waals surface area (Å²) in [6.07, 6.45) is 0. The van der Waals surface area contributed by atoms with Crippen LogP contribution >= 0.6 is 23.2 Å². The standard InChI is InChI=1S/C22H20Cl2N2O3S/c1-15-6-8-21(9-7-15)30(28,29)26(20-12-17(23)11-18(24)13-20)14-22(27)25-19-5-3-4-16(2)10-19/h3-13H,14H2,1-2H3,(H,25,27). The summed E-state index contributed by atoms with van der Waals surface area (Å²) in [5, 5.41) is 3.26. The van der Waals surface area contributed by atoms with Gasteiger partial charge in [-0.3, -0.25) is 9.10 Å². The predicted octanol–water partition coefficient (Wildman–Crippen LogP) is 5.44. The van der Waals surface area contributed by atoms with Gasteiger partial charge in [0.05, 0.1) is 10.6 Å². The highest BCUT2D eigenvalue weighted by molar-refractivity contribution is 7.92. The van der Waals surface area contributed by atoms with Crippen LogP contribution in [-0.2, 0) is 14.8 Å². The molecule has 0 aromatic heterocycles. The molecule has 3 rings (SSSR count). The average molecular weight is 463 g/mol. The van der Waals surface area contributed by atoms with Crippen molar-refractivity contribution in [1.82, 2.24) is 0 Å². The molecule has 1 amide bonds. The van der Waals surface area contributed by atoms with Crippen molar-refractivity contribution in [2.75, 3.05) is 16.2 Å². The lowest BCUT2D eigenvalue weighted by atomic mass is 10.2. The fourth-order valence-electron chi connectivity index (χ4n) is 2.89. The van der Waals surface area contributed by atoms with Crippen LogP contribution in [0.3, 0.4) is 0 Å². The maximum Gasteiger partial charge on any atom is 0.264 e. The molecule has 3 aromatic rings. The molecule has 0 spiro atoms. The second kappa shape index (κ2) is 9.08. The number of hydrogen-bond donors (Lipinski definition) is 1.